The van der Waals surface area contributed by atoms with Gasteiger partial charge in [-0.25, -0.2) is 0 Å². The van der Waals surface area contributed by atoms with E-state index >= 15 is 0 Å². The zero-order chi connectivity index (χ0) is 14.3. The van der Waals surface area contributed by atoms with E-state index in [1.54, 1.807) is 0 Å². The van der Waals surface area contributed by atoms with Crippen LogP contribution in [-0.4, -0.2) is 0 Å². The zero-order valence-corrected chi connectivity index (χ0v) is 14.1. The highest BCUT2D eigenvalue weighted by molar-refractivity contribution is 4.83. The number of hydrogen-bond donors (Lipinski definition) is 0. The van der Waals surface area contributed by atoms with Gasteiger partial charge < -0.3 is 0 Å². The molecule has 0 saturated carbocycles. The van der Waals surface area contributed by atoms with Crippen LogP contribution in [-0.2, 0) is 0 Å². The first kappa shape index (κ1) is 18.7. The van der Waals surface area contributed by atoms with E-state index in [9.17, 15) is 0 Å². The Labute approximate surface area is 123 Å². The molecule has 0 aliphatic heterocycles. The molecule has 0 fully saturated rings. The summed E-state index contributed by atoms with van der Waals surface area (Å²) in [4.78, 5) is 0. The summed E-state index contributed by atoms with van der Waals surface area (Å²) >= 11 is 0. The maximum atomic E-state index is 2.43. The summed E-state index contributed by atoms with van der Waals surface area (Å²) in [5.74, 6) is 1.79. The summed E-state index contributed by atoms with van der Waals surface area (Å²) in [6.07, 6.45) is 20.0. The molecule has 0 nitrogen and oxygen atoms in total. The lowest BCUT2D eigenvalue weighted by Crippen LogP contribution is -1.94. The third-order valence-corrected chi connectivity index (χ3v) is 4.13. The van der Waals surface area contributed by atoms with Crippen LogP contribution in [0.1, 0.15) is 98.3 Å². The number of allylic oxidation sites excluding steroid dienone is 2. The number of unbranched alkanes of at least 4 members (excludes halogenated alkanes) is 4. The van der Waals surface area contributed by atoms with E-state index in [1.165, 1.54) is 70.6 Å². The van der Waals surface area contributed by atoms with Crippen molar-refractivity contribution in [2.45, 2.75) is 98.3 Å². The molecule has 0 bridgehead atoms. The first-order valence-corrected chi connectivity index (χ1v) is 8.85. The van der Waals surface area contributed by atoms with Gasteiger partial charge in [-0.2, -0.15) is 0 Å². The van der Waals surface area contributed by atoms with Crippen LogP contribution < -0.4 is 0 Å². The van der Waals surface area contributed by atoms with Gasteiger partial charge in [0.1, 0.15) is 0 Å². The van der Waals surface area contributed by atoms with Crippen LogP contribution in [0.2, 0.25) is 0 Å². The monoisotopic (exact) mass is 266 g/mol. The minimum Gasteiger partial charge on any atom is -0.0885 e. The van der Waals surface area contributed by atoms with Crippen LogP contribution in [0.25, 0.3) is 0 Å². The molecule has 114 valence electrons. The predicted octanol–water partition coefficient (Wildman–Crippen LogP) is 7.15. The zero-order valence-electron chi connectivity index (χ0n) is 14.1. The Balaban J connectivity index is 3.40. The Morgan fingerprint density at radius 2 is 1.37 bits per heavy atom. The molecule has 0 radical (unpaired) electrons. The molecule has 0 heteroatoms. The molecule has 0 aliphatic carbocycles. The van der Waals surface area contributed by atoms with Gasteiger partial charge in [0.05, 0.1) is 0 Å². The maximum absolute atomic E-state index is 2.43. The molecule has 0 N–H and O–H groups in total. The first-order chi connectivity index (χ1) is 9.20. The summed E-state index contributed by atoms with van der Waals surface area (Å²) in [6.45, 7) is 9.38. The molecule has 0 aliphatic rings. The molecule has 0 heterocycles. The second kappa shape index (κ2) is 14.2. The Kier molecular flexibility index (Phi) is 14.0. The van der Waals surface area contributed by atoms with E-state index < -0.39 is 0 Å². The van der Waals surface area contributed by atoms with Gasteiger partial charge in [-0.05, 0) is 31.1 Å². The van der Waals surface area contributed by atoms with Crippen LogP contribution in [0.5, 0.6) is 0 Å². The predicted molar refractivity (Wildman–Crippen MR) is 89.6 cm³/mol. The van der Waals surface area contributed by atoms with E-state index in [0.29, 0.717) is 0 Å². The summed E-state index contributed by atoms with van der Waals surface area (Å²) in [6, 6.07) is 0. The molecule has 0 aromatic rings. The highest BCUT2D eigenvalue weighted by atomic mass is 14.1. The van der Waals surface area contributed by atoms with E-state index in [1.807, 2.05) is 0 Å². The van der Waals surface area contributed by atoms with Gasteiger partial charge in [0, 0.05) is 0 Å². The molecule has 19 heavy (non-hydrogen) atoms. The third kappa shape index (κ3) is 14.0. The van der Waals surface area contributed by atoms with E-state index in [0.717, 1.165) is 11.8 Å². The van der Waals surface area contributed by atoms with Crippen LogP contribution in [0.4, 0.5) is 0 Å². The molecule has 0 rings (SSSR count). The number of rotatable bonds is 13. The minimum absolute atomic E-state index is 0.880. The van der Waals surface area contributed by atoms with Crippen molar-refractivity contribution in [3.63, 3.8) is 0 Å². The van der Waals surface area contributed by atoms with Crippen molar-refractivity contribution in [2.24, 2.45) is 11.8 Å². The smallest absolute Gasteiger partial charge is 0.0325 e. The van der Waals surface area contributed by atoms with Gasteiger partial charge in [0.15, 0.2) is 0 Å². The standard InChI is InChI=1S/C19H38/c1-5-7-9-11-15-19(4)17-13-10-12-16-18(3)14-8-6-2/h10,13,18-19H,5-9,11-12,14-17H2,1-4H3/b13-10+. The molecule has 0 amide bonds. The highest BCUT2D eigenvalue weighted by Crippen LogP contribution is 2.16. The molecule has 0 spiro atoms. The van der Waals surface area contributed by atoms with E-state index in [-0.39, 0.29) is 0 Å². The topological polar surface area (TPSA) is 0 Å². The Morgan fingerprint density at radius 1 is 0.684 bits per heavy atom. The quantitative estimate of drug-likeness (QED) is 0.245. The van der Waals surface area contributed by atoms with Gasteiger partial charge in [0.25, 0.3) is 0 Å². The Morgan fingerprint density at radius 3 is 2.05 bits per heavy atom. The molecule has 2 atom stereocenters. The fourth-order valence-electron chi connectivity index (χ4n) is 2.56. The molecule has 2 unspecified atom stereocenters. The highest BCUT2D eigenvalue weighted by Gasteiger charge is 2.00. The van der Waals surface area contributed by atoms with Crippen molar-refractivity contribution in [1.82, 2.24) is 0 Å². The summed E-state index contributed by atoms with van der Waals surface area (Å²) in [7, 11) is 0. The molecular weight excluding hydrogens is 228 g/mol. The number of hydrogen-bond acceptors (Lipinski definition) is 0. The maximum Gasteiger partial charge on any atom is -0.0325 e. The second-order valence-electron chi connectivity index (χ2n) is 6.49. The van der Waals surface area contributed by atoms with Crippen molar-refractivity contribution in [1.29, 1.82) is 0 Å². The van der Waals surface area contributed by atoms with Gasteiger partial charge in [0.2, 0.25) is 0 Å². The van der Waals surface area contributed by atoms with Crippen LogP contribution >= 0.6 is 0 Å². The first-order valence-electron chi connectivity index (χ1n) is 8.85. The van der Waals surface area contributed by atoms with Crippen molar-refractivity contribution in [3.05, 3.63) is 12.2 Å². The van der Waals surface area contributed by atoms with E-state index in [4.69, 9.17) is 0 Å². The van der Waals surface area contributed by atoms with Crippen molar-refractivity contribution in [3.8, 4) is 0 Å². The van der Waals surface area contributed by atoms with Gasteiger partial charge in [-0.3, -0.25) is 0 Å². The fourth-order valence-corrected chi connectivity index (χ4v) is 2.56. The van der Waals surface area contributed by atoms with Crippen molar-refractivity contribution < 1.29 is 0 Å². The van der Waals surface area contributed by atoms with Crippen LogP contribution in [0.3, 0.4) is 0 Å². The Hall–Kier alpha value is -0.260. The van der Waals surface area contributed by atoms with Crippen LogP contribution in [0, 0.1) is 11.8 Å². The van der Waals surface area contributed by atoms with Crippen molar-refractivity contribution in [2.75, 3.05) is 0 Å². The summed E-state index contributed by atoms with van der Waals surface area (Å²) < 4.78 is 0. The van der Waals surface area contributed by atoms with Gasteiger partial charge in [-0.1, -0.05) is 91.2 Å². The van der Waals surface area contributed by atoms with Gasteiger partial charge >= 0.3 is 0 Å². The van der Waals surface area contributed by atoms with Crippen LogP contribution in [0.15, 0.2) is 12.2 Å². The second-order valence-corrected chi connectivity index (χ2v) is 6.49. The lowest BCUT2D eigenvalue weighted by atomic mass is 9.97. The minimum atomic E-state index is 0.880. The molecule has 0 aromatic carbocycles. The SMILES string of the molecule is CCCCCCC(C)C/C=C/CCC(C)CCCC. The van der Waals surface area contributed by atoms with Gasteiger partial charge in [-0.15, -0.1) is 0 Å². The lowest BCUT2D eigenvalue weighted by Gasteiger charge is -2.09. The largest absolute Gasteiger partial charge is 0.0885 e. The third-order valence-electron chi connectivity index (χ3n) is 4.13. The average Bonchev–Trinajstić information content (AvgIpc) is 2.41. The fraction of sp³-hybridized carbons (Fsp3) is 0.895. The molecule has 0 saturated heterocycles. The summed E-state index contributed by atoms with van der Waals surface area (Å²) in [5, 5.41) is 0. The normalized spacial score (nSPS) is 14.9. The average molecular weight is 267 g/mol. The summed E-state index contributed by atoms with van der Waals surface area (Å²) in [5.41, 5.74) is 0. The Bertz CT molecular complexity index is 192. The van der Waals surface area contributed by atoms with E-state index in [2.05, 4.69) is 39.8 Å². The molecule has 0 aromatic heterocycles. The van der Waals surface area contributed by atoms with Crippen molar-refractivity contribution >= 4 is 0 Å². The lowest BCUT2D eigenvalue weighted by molar-refractivity contribution is 0.473. The molecular formula is C19H38.